The van der Waals surface area contributed by atoms with E-state index in [4.69, 9.17) is 9.84 Å². The summed E-state index contributed by atoms with van der Waals surface area (Å²) in [6.45, 7) is 4.64. The molecule has 1 heterocycles. The lowest BCUT2D eigenvalue weighted by atomic mass is 10.0. The number of aromatic hydroxyl groups is 1. The number of tetrazole rings is 1. The van der Waals surface area contributed by atoms with E-state index in [0.29, 0.717) is 55.1 Å². The molecule has 32 heavy (non-hydrogen) atoms. The van der Waals surface area contributed by atoms with Crippen molar-refractivity contribution in [2.75, 3.05) is 6.61 Å². The largest absolute Gasteiger partial charge is 0.507 e. The Hall–Kier alpha value is -2.97. The second-order valence-corrected chi connectivity index (χ2v) is 7.91. The molecule has 9 heteroatoms. The summed E-state index contributed by atoms with van der Waals surface area (Å²) in [6.07, 6.45) is 7.52. The Labute approximate surface area is 188 Å². The number of phenolic OH excluding ortho intramolecular Hbond substituents is 1. The first-order valence-corrected chi connectivity index (χ1v) is 11.4. The number of carboxylic acids is 1. The number of Topliss-reactive ketones (excluding diaryl/α,β-unsaturated/α-hetero) is 1. The van der Waals surface area contributed by atoms with Gasteiger partial charge in [-0.25, -0.2) is 0 Å². The summed E-state index contributed by atoms with van der Waals surface area (Å²) in [4.78, 5) is 23.7. The maximum absolute atomic E-state index is 11.7. The number of benzene rings is 1. The number of ketones is 1. The first kappa shape index (κ1) is 25.3. The highest BCUT2D eigenvalue weighted by atomic mass is 16.5. The molecule has 0 radical (unpaired) electrons. The van der Waals surface area contributed by atoms with Crippen LogP contribution in [0.15, 0.2) is 12.1 Å². The SMILES string of the molecule is CCCc1c(OCCCCc2nnn(CCCCCCC(=O)O)n2)ccc(C(C)=O)c1O. The van der Waals surface area contributed by atoms with Gasteiger partial charge < -0.3 is 14.9 Å². The number of rotatable bonds is 16. The van der Waals surface area contributed by atoms with Crippen molar-refractivity contribution in [1.29, 1.82) is 0 Å². The molecule has 176 valence electrons. The lowest BCUT2D eigenvalue weighted by molar-refractivity contribution is -0.137. The maximum atomic E-state index is 11.7. The van der Waals surface area contributed by atoms with Crippen LogP contribution in [-0.4, -0.2) is 48.8 Å². The molecule has 0 bridgehead atoms. The molecule has 1 aromatic carbocycles. The maximum Gasteiger partial charge on any atom is 0.303 e. The van der Waals surface area contributed by atoms with Gasteiger partial charge >= 0.3 is 5.97 Å². The van der Waals surface area contributed by atoms with E-state index in [2.05, 4.69) is 15.4 Å². The number of nitrogens with zero attached hydrogens (tertiary/aromatic N) is 4. The van der Waals surface area contributed by atoms with E-state index < -0.39 is 5.97 Å². The number of ether oxygens (including phenoxy) is 1. The van der Waals surface area contributed by atoms with E-state index in [9.17, 15) is 14.7 Å². The summed E-state index contributed by atoms with van der Waals surface area (Å²) < 4.78 is 5.88. The van der Waals surface area contributed by atoms with Crippen molar-refractivity contribution in [1.82, 2.24) is 20.2 Å². The van der Waals surface area contributed by atoms with Crippen LogP contribution >= 0.6 is 0 Å². The number of phenols is 1. The van der Waals surface area contributed by atoms with E-state index in [1.807, 2.05) is 6.92 Å². The number of aliphatic carboxylic acids is 1. The van der Waals surface area contributed by atoms with Crippen LogP contribution in [0.5, 0.6) is 11.5 Å². The molecular formula is C23H34N4O5. The van der Waals surface area contributed by atoms with Gasteiger partial charge in [-0.2, -0.15) is 4.80 Å². The Morgan fingerprint density at radius 1 is 1.06 bits per heavy atom. The van der Waals surface area contributed by atoms with Crippen molar-refractivity contribution in [2.24, 2.45) is 0 Å². The van der Waals surface area contributed by atoms with Crippen molar-refractivity contribution in [3.63, 3.8) is 0 Å². The first-order valence-electron chi connectivity index (χ1n) is 11.4. The molecule has 9 nitrogen and oxygen atoms in total. The minimum absolute atomic E-state index is 0.0274. The summed E-state index contributed by atoms with van der Waals surface area (Å²) in [6, 6.07) is 3.37. The number of hydrogen-bond donors (Lipinski definition) is 2. The van der Waals surface area contributed by atoms with Crippen molar-refractivity contribution in [3.8, 4) is 11.5 Å². The number of carboxylic acid groups (broad SMARTS) is 1. The quantitative estimate of drug-likeness (QED) is 0.293. The monoisotopic (exact) mass is 446 g/mol. The molecule has 0 aliphatic heterocycles. The lowest BCUT2D eigenvalue weighted by Crippen LogP contribution is -2.04. The second-order valence-electron chi connectivity index (χ2n) is 7.91. The molecule has 0 atom stereocenters. The molecule has 2 N–H and O–H groups in total. The highest BCUT2D eigenvalue weighted by Gasteiger charge is 2.15. The molecular weight excluding hydrogens is 412 g/mol. The Bertz CT molecular complexity index is 881. The molecule has 2 rings (SSSR count). The highest BCUT2D eigenvalue weighted by molar-refractivity contribution is 5.97. The summed E-state index contributed by atoms with van der Waals surface area (Å²) in [5.74, 6) is 0.445. The van der Waals surface area contributed by atoms with Crippen molar-refractivity contribution in [2.45, 2.75) is 84.6 Å². The van der Waals surface area contributed by atoms with Gasteiger partial charge in [0.1, 0.15) is 11.5 Å². The summed E-state index contributed by atoms with van der Waals surface area (Å²) in [7, 11) is 0. The number of carbonyl (C=O) groups is 2. The standard InChI is InChI=1S/C23H34N4O5/c1-3-10-19-20(14-13-18(17(2)28)23(19)31)32-16-9-7-11-21-24-26-27(25-21)15-8-5-4-6-12-22(29)30/h13-14,31H,3-12,15-16H2,1-2H3,(H,29,30). The van der Waals surface area contributed by atoms with Gasteiger partial charge in [0.25, 0.3) is 0 Å². The highest BCUT2D eigenvalue weighted by Crippen LogP contribution is 2.33. The van der Waals surface area contributed by atoms with Crippen molar-refractivity contribution >= 4 is 11.8 Å². The number of unbranched alkanes of at least 4 members (excludes halogenated alkanes) is 4. The smallest absolute Gasteiger partial charge is 0.303 e. The number of carbonyl (C=O) groups excluding carboxylic acids is 1. The lowest BCUT2D eigenvalue weighted by Gasteiger charge is -2.14. The van der Waals surface area contributed by atoms with E-state index >= 15 is 0 Å². The van der Waals surface area contributed by atoms with Crippen LogP contribution in [0.25, 0.3) is 0 Å². The zero-order valence-electron chi connectivity index (χ0n) is 19.0. The summed E-state index contributed by atoms with van der Waals surface area (Å²) in [5.41, 5.74) is 1.02. The third-order valence-corrected chi connectivity index (χ3v) is 5.16. The van der Waals surface area contributed by atoms with Gasteiger partial charge in [-0.15, -0.1) is 10.2 Å². The summed E-state index contributed by atoms with van der Waals surface area (Å²) in [5, 5.41) is 31.6. The summed E-state index contributed by atoms with van der Waals surface area (Å²) >= 11 is 0. The fraction of sp³-hybridized carbons (Fsp3) is 0.609. The minimum atomic E-state index is -0.747. The van der Waals surface area contributed by atoms with E-state index in [-0.39, 0.29) is 18.0 Å². The Kier molecular flexibility index (Phi) is 10.6. The molecule has 0 saturated heterocycles. The van der Waals surface area contributed by atoms with Crippen LogP contribution in [0.4, 0.5) is 0 Å². The Morgan fingerprint density at radius 2 is 1.84 bits per heavy atom. The van der Waals surface area contributed by atoms with Crippen LogP contribution in [0.1, 0.15) is 87.0 Å². The molecule has 0 saturated carbocycles. The van der Waals surface area contributed by atoms with Gasteiger partial charge in [0.05, 0.1) is 18.7 Å². The van der Waals surface area contributed by atoms with Gasteiger partial charge in [0, 0.05) is 18.4 Å². The van der Waals surface area contributed by atoms with E-state index in [0.717, 1.165) is 38.5 Å². The van der Waals surface area contributed by atoms with Gasteiger partial charge in [-0.05, 0) is 56.4 Å². The van der Waals surface area contributed by atoms with Crippen LogP contribution < -0.4 is 4.74 Å². The molecule has 0 spiro atoms. The third-order valence-electron chi connectivity index (χ3n) is 5.16. The third kappa shape index (κ3) is 8.28. The zero-order valence-corrected chi connectivity index (χ0v) is 19.0. The first-order chi connectivity index (χ1) is 15.4. The number of hydrogen-bond acceptors (Lipinski definition) is 7. The molecule has 2 aromatic rings. The average Bonchev–Trinajstić information content (AvgIpc) is 3.19. The van der Waals surface area contributed by atoms with Gasteiger partial charge in [0.2, 0.25) is 0 Å². The predicted octanol–water partition coefficient (Wildman–Crippen LogP) is 3.97. The van der Waals surface area contributed by atoms with Crippen LogP contribution in [0.2, 0.25) is 0 Å². The molecule has 1 aromatic heterocycles. The molecule has 0 aliphatic rings. The fourth-order valence-electron chi connectivity index (χ4n) is 3.45. The van der Waals surface area contributed by atoms with Crippen LogP contribution in [0, 0.1) is 0 Å². The van der Waals surface area contributed by atoms with Gasteiger partial charge in [0.15, 0.2) is 11.6 Å². The second kappa shape index (κ2) is 13.4. The number of aromatic nitrogens is 4. The van der Waals surface area contributed by atoms with Crippen LogP contribution in [-0.2, 0) is 24.2 Å². The number of aryl methyl sites for hydroxylation is 2. The fourth-order valence-corrected chi connectivity index (χ4v) is 3.45. The molecule has 0 fully saturated rings. The molecule has 0 amide bonds. The average molecular weight is 447 g/mol. The van der Waals surface area contributed by atoms with Crippen molar-refractivity contribution < 1.29 is 24.5 Å². The topological polar surface area (TPSA) is 127 Å². The van der Waals surface area contributed by atoms with E-state index in [1.54, 1.807) is 16.9 Å². The Morgan fingerprint density at radius 3 is 2.56 bits per heavy atom. The van der Waals surface area contributed by atoms with Gasteiger partial charge in [-0.1, -0.05) is 26.2 Å². The minimum Gasteiger partial charge on any atom is -0.507 e. The van der Waals surface area contributed by atoms with Crippen LogP contribution in [0.3, 0.4) is 0 Å². The molecule has 0 aliphatic carbocycles. The van der Waals surface area contributed by atoms with E-state index in [1.165, 1.54) is 6.92 Å². The molecule has 0 unspecified atom stereocenters. The predicted molar refractivity (Wildman–Crippen MR) is 119 cm³/mol. The van der Waals surface area contributed by atoms with Gasteiger partial charge in [-0.3, -0.25) is 9.59 Å². The zero-order chi connectivity index (χ0) is 23.3. The normalized spacial score (nSPS) is 10.9. The Balaban J connectivity index is 1.70. The van der Waals surface area contributed by atoms with Crippen molar-refractivity contribution in [3.05, 3.63) is 29.1 Å².